The molecule has 2 aliphatic heterocycles. The van der Waals surface area contributed by atoms with Gasteiger partial charge in [-0.3, -0.25) is 4.79 Å². The van der Waals surface area contributed by atoms with E-state index in [1.807, 2.05) is 23.1 Å². The molecule has 1 aromatic heterocycles. The molecular formula is C19H24ClN5O2. The van der Waals surface area contributed by atoms with Gasteiger partial charge in [-0.2, -0.15) is 0 Å². The minimum Gasteiger partial charge on any atom is -0.376 e. The maximum Gasteiger partial charge on any atom is 0.276 e. The fourth-order valence-corrected chi connectivity index (χ4v) is 3.88. The second kappa shape index (κ2) is 7.86. The van der Waals surface area contributed by atoms with E-state index >= 15 is 0 Å². The fraction of sp³-hybridized carbons (Fsp3) is 0.526. The van der Waals surface area contributed by atoms with Crippen LogP contribution in [-0.2, 0) is 11.3 Å². The van der Waals surface area contributed by atoms with Gasteiger partial charge in [-0.1, -0.05) is 22.9 Å². The Labute approximate surface area is 163 Å². The molecule has 0 spiro atoms. The first-order valence-electron chi connectivity index (χ1n) is 9.42. The van der Waals surface area contributed by atoms with E-state index in [0.717, 1.165) is 43.2 Å². The van der Waals surface area contributed by atoms with Crippen molar-refractivity contribution in [1.82, 2.24) is 19.9 Å². The number of halogens is 1. The van der Waals surface area contributed by atoms with E-state index in [9.17, 15) is 4.79 Å². The number of anilines is 1. The van der Waals surface area contributed by atoms with Crippen LogP contribution in [0.15, 0.2) is 24.4 Å². The lowest BCUT2D eigenvalue weighted by Gasteiger charge is -2.36. The van der Waals surface area contributed by atoms with E-state index in [1.165, 1.54) is 5.56 Å². The maximum absolute atomic E-state index is 12.8. The number of nitrogens with zero attached hydrogens (tertiary/aromatic N) is 5. The summed E-state index contributed by atoms with van der Waals surface area (Å²) >= 11 is 6.14. The first kappa shape index (κ1) is 18.3. The van der Waals surface area contributed by atoms with Crippen LogP contribution < -0.4 is 4.90 Å². The third kappa shape index (κ3) is 4.09. The Morgan fingerprint density at radius 3 is 2.85 bits per heavy atom. The van der Waals surface area contributed by atoms with Gasteiger partial charge in [0.1, 0.15) is 0 Å². The number of carbonyl (C=O) groups is 1. The van der Waals surface area contributed by atoms with E-state index in [2.05, 4.69) is 22.1 Å². The predicted octanol–water partition coefficient (Wildman–Crippen LogP) is 2.38. The number of aromatic nitrogens is 3. The molecule has 2 fully saturated rings. The van der Waals surface area contributed by atoms with Gasteiger partial charge in [0.25, 0.3) is 5.91 Å². The molecule has 1 atom stereocenters. The van der Waals surface area contributed by atoms with Crippen molar-refractivity contribution in [3.05, 3.63) is 40.7 Å². The summed E-state index contributed by atoms with van der Waals surface area (Å²) in [6.45, 7) is 6.40. The first-order valence-corrected chi connectivity index (χ1v) is 9.80. The summed E-state index contributed by atoms with van der Waals surface area (Å²) in [5, 5.41) is 8.90. The highest BCUT2D eigenvalue weighted by atomic mass is 35.5. The highest BCUT2D eigenvalue weighted by Gasteiger charge is 2.25. The van der Waals surface area contributed by atoms with Crippen LogP contribution in [0.3, 0.4) is 0 Å². The van der Waals surface area contributed by atoms with E-state index in [0.29, 0.717) is 25.3 Å². The van der Waals surface area contributed by atoms with E-state index in [-0.39, 0.29) is 12.0 Å². The summed E-state index contributed by atoms with van der Waals surface area (Å²) in [5.41, 5.74) is 2.73. The van der Waals surface area contributed by atoms with Gasteiger partial charge in [-0.05, 0) is 37.5 Å². The summed E-state index contributed by atoms with van der Waals surface area (Å²) < 4.78 is 7.33. The van der Waals surface area contributed by atoms with Gasteiger partial charge in [0.2, 0.25) is 0 Å². The minimum absolute atomic E-state index is 0.0592. The number of amides is 1. The molecule has 8 heteroatoms. The smallest absolute Gasteiger partial charge is 0.276 e. The topological polar surface area (TPSA) is 63.5 Å². The van der Waals surface area contributed by atoms with Crippen molar-refractivity contribution in [3.63, 3.8) is 0 Å². The standard InChI is InChI=1S/C19H24ClN5O2/c1-14-4-5-15(20)11-18(14)23-6-8-24(9-7-23)19(26)17-13-25(22-21-17)12-16-3-2-10-27-16/h4-5,11,13,16H,2-3,6-10,12H2,1H3. The van der Waals surface area contributed by atoms with Crippen LogP contribution in [0, 0.1) is 6.92 Å². The van der Waals surface area contributed by atoms with Crippen molar-refractivity contribution in [2.75, 3.05) is 37.7 Å². The molecule has 3 heterocycles. The Kier molecular flexibility index (Phi) is 5.31. The molecule has 2 aromatic rings. The molecule has 7 nitrogen and oxygen atoms in total. The molecule has 1 unspecified atom stereocenters. The number of rotatable bonds is 4. The van der Waals surface area contributed by atoms with Crippen LogP contribution in [-0.4, -0.2) is 64.7 Å². The molecule has 0 aliphatic carbocycles. The SMILES string of the molecule is Cc1ccc(Cl)cc1N1CCN(C(=O)c2cn(CC3CCCO3)nn2)CC1. The molecule has 0 bridgehead atoms. The Morgan fingerprint density at radius 2 is 2.11 bits per heavy atom. The normalized spacial score (nSPS) is 20.3. The highest BCUT2D eigenvalue weighted by Crippen LogP contribution is 2.25. The summed E-state index contributed by atoms with van der Waals surface area (Å²) in [6, 6.07) is 5.92. The molecule has 2 aliphatic rings. The number of ether oxygens (including phenoxy) is 1. The number of piperazine rings is 1. The van der Waals surface area contributed by atoms with Crippen LogP contribution in [0.5, 0.6) is 0 Å². The second-order valence-corrected chi connectivity index (χ2v) is 7.61. The molecule has 4 rings (SSSR count). The average Bonchev–Trinajstić information content (AvgIpc) is 3.36. The third-order valence-electron chi connectivity index (χ3n) is 5.25. The van der Waals surface area contributed by atoms with Gasteiger partial charge in [-0.15, -0.1) is 5.10 Å². The molecule has 1 amide bonds. The fourth-order valence-electron chi connectivity index (χ4n) is 3.72. The first-order chi connectivity index (χ1) is 13.1. The largest absolute Gasteiger partial charge is 0.376 e. The van der Waals surface area contributed by atoms with Crippen LogP contribution >= 0.6 is 11.6 Å². The van der Waals surface area contributed by atoms with Crippen molar-refractivity contribution in [3.8, 4) is 0 Å². The molecule has 2 saturated heterocycles. The minimum atomic E-state index is -0.0592. The van der Waals surface area contributed by atoms with Crippen molar-refractivity contribution in [2.24, 2.45) is 0 Å². The zero-order chi connectivity index (χ0) is 18.8. The van der Waals surface area contributed by atoms with Gasteiger partial charge < -0.3 is 14.5 Å². The summed E-state index contributed by atoms with van der Waals surface area (Å²) in [5.74, 6) is -0.0592. The number of carbonyl (C=O) groups excluding carboxylic acids is 1. The lowest BCUT2D eigenvalue weighted by atomic mass is 10.1. The monoisotopic (exact) mass is 389 g/mol. The lowest BCUT2D eigenvalue weighted by Crippen LogP contribution is -2.49. The van der Waals surface area contributed by atoms with Gasteiger partial charge in [0, 0.05) is 43.5 Å². The zero-order valence-corrected chi connectivity index (χ0v) is 16.2. The highest BCUT2D eigenvalue weighted by molar-refractivity contribution is 6.30. The van der Waals surface area contributed by atoms with Crippen LogP contribution in [0.2, 0.25) is 5.02 Å². The van der Waals surface area contributed by atoms with E-state index < -0.39 is 0 Å². The average molecular weight is 390 g/mol. The predicted molar refractivity (Wildman–Crippen MR) is 103 cm³/mol. The lowest BCUT2D eigenvalue weighted by molar-refractivity contribution is 0.0740. The molecular weight excluding hydrogens is 366 g/mol. The summed E-state index contributed by atoms with van der Waals surface area (Å²) in [6.07, 6.45) is 4.03. The Balaban J connectivity index is 1.36. The molecule has 144 valence electrons. The Hall–Kier alpha value is -2.12. The van der Waals surface area contributed by atoms with Gasteiger partial charge in [-0.25, -0.2) is 4.68 Å². The van der Waals surface area contributed by atoms with Gasteiger partial charge in [0.05, 0.1) is 18.8 Å². The number of hydrogen-bond acceptors (Lipinski definition) is 5. The molecule has 27 heavy (non-hydrogen) atoms. The Bertz CT molecular complexity index is 810. The number of aryl methyl sites for hydroxylation is 1. The van der Waals surface area contributed by atoms with E-state index in [4.69, 9.17) is 16.3 Å². The van der Waals surface area contributed by atoms with Crippen molar-refractivity contribution >= 4 is 23.2 Å². The third-order valence-corrected chi connectivity index (χ3v) is 5.49. The molecule has 0 N–H and O–H groups in total. The van der Waals surface area contributed by atoms with Crippen LogP contribution in [0.25, 0.3) is 0 Å². The zero-order valence-electron chi connectivity index (χ0n) is 15.5. The van der Waals surface area contributed by atoms with Crippen molar-refractivity contribution < 1.29 is 9.53 Å². The van der Waals surface area contributed by atoms with Gasteiger partial charge in [0.15, 0.2) is 5.69 Å². The maximum atomic E-state index is 12.8. The van der Waals surface area contributed by atoms with E-state index in [1.54, 1.807) is 10.9 Å². The van der Waals surface area contributed by atoms with Crippen molar-refractivity contribution in [2.45, 2.75) is 32.4 Å². The number of hydrogen-bond donors (Lipinski definition) is 0. The quantitative estimate of drug-likeness (QED) is 0.803. The van der Waals surface area contributed by atoms with Gasteiger partial charge >= 0.3 is 0 Å². The number of benzene rings is 1. The Morgan fingerprint density at radius 1 is 1.30 bits per heavy atom. The van der Waals surface area contributed by atoms with Crippen LogP contribution in [0.1, 0.15) is 28.9 Å². The summed E-state index contributed by atoms with van der Waals surface area (Å²) in [7, 11) is 0. The van der Waals surface area contributed by atoms with Crippen LogP contribution in [0.4, 0.5) is 5.69 Å². The molecule has 1 aromatic carbocycles. The molecule has 0 saturated carbocycles. The van der Waals surface area contributed by atoms with Crippen molar-refractivity contribution in [1.29, 1.82) is 0 Å². The second-order valence-electron chi connectivity index (χ2n) is 7.17. The summed E-state index contributed by atoms with van der Waals surface area (Å²) in [4.78, 5) is 16.9. The molecule has 0 radical (unpaired) electrons.